The SMILES string of the molecule is O=C(O)/C=C/c1ccc(CC(=O)O)cc1. The summed E-state index contributed by atoms with van der Waals surface area (Å²) >= 11 is 0. The molecule has 78 valence electrons. The molecule has 4 heteroatoms. The van der Waals surface area contributed by atoms with Gasteiger partial charge in [-0.05, 0) is 17.2 Å². The van der Waals surface area contributed by atoms with Gasteiger partial charge >= 0.3 is 11.9 Å². The van der Waals surface area contributed by atoms with E-state index in [9.17, 15) is 9.59 Å². The molecule has 0 saturated heterocycles. The number of hydrogen-bond donors (Lipinski definition) is 2. The zero-order valence-corrected chi connectivity index (χ0v) is 7.88. The van der Waals surface area contributed by atoms with Gasteiger partial charge in [0.05, 0.1) is 6.42 Å². The van der Waals surface area contributed by atoms with E-state index in [0.29, 0.717) is 5.56 Å². The van der Waals surface area contributed by atoms with E-state index in [1.165, 1.54) is 6.08 Å². The molecule has 0 fully saturated rings. The maximum atomic E-state index is 10.4. The number of benzene rings is 1. The molecule has 0 aromatic heterocycles. The molecule has 1 aromatic carbocycles. The van der Waals surface area contributed by atoms with Gasteiger partial charge in [0.2, 0.25) is 0 Å². The predicted octanol–water partition coefficient (Wildman–Crippen LogP) is 1.41. The van der Waals surface area contributed by atoms with E-state index >= 15 is 0 Å². The third kappa shape index (κ3) is 4.08. The maximum absolute atomic E-state index is 10.4. The summed E-state index contributed by atoms with van der Waals surface area (Å²) in [4.78, 5) is 20.6. The van der Waals surface area contributed by atoms with Crippen molar-refractivity contribution >= 4 is 18.0 Å². The number of carboxylic acids is 2. The molecule has 0 heterocycles. The standard InChI is InChI=1S/C11H10O4/c12-10(13)6-5-8-1-3-9(4-2-8)7-11(14)15/h1-6H,7H2,(H,12,13)(H,14,15)/b6-5+. The van der Waals surface area contributed by atoms with Gasteiger partial charge in [-0.2, -0.15) is 0 Å². The van der Waals surface area contributed by atoms with Crippen LogP contribution < -0.4 is 0 Å². The average Bonchev–Trinajstić information content (AvgIpc) is 2.16. The zero-order chi connectivity index (χ0) is 11.3. The Balaban J connectivity index is 2.72. The Bertz CT molecular complexity index is 390. The van der Waals surface area contributed by atoms with Crippen LogP contribution in [0.2, 0.25) is 0 Å². The van der Waals surface area contributed by atoms with E-state index in [2.05, 4.69) is 0 Å². The van der Waals surface area contributed by atoms with E-state index in [4.69, 9.17) is 10.2 Å². The monoisotopic (exact) mass is 206 g/mol. The highest BCUT2D eigenvalue weighted by Crippen LogP contribution is 2.06. The van der Waals surface area contributed by atoms with Crippen molar-refractivity contribution in [1.29, 1.82) is 0 Å². The van der Waals surface area contributed by atoms with Gasteiger partial charge in [0, 0.05) is 6.08 Å². The first kappa shape index (κ1) is 11.0. The van der Waals surface area contributed by atoms with E-state index in [-0.39, 0.29) is 6.42 Å². The van der Waals surface area contributed by atoms with Crippen molar-refractivity contribution in [2.45, 2.75) is 6.42 Å². The molecular weight excluding hydrogens is 196 g/mol. The fourth-order valence-electron chi connectivity index (χ4n) is 1.09. The molecule has 0 aliphatic rings. The van der Waals surface area contributed by atoms with Crippen molar-refractivity contribution in [3.63, 3.8) is 0 Å². The number of aliphatic carboxylic acids is 2. The highest BCUT2D eigenvalue weighted by molar-refractivity contribution is 5.85. The van der Waals surface area contributed by atoms with Crippen LogP contribution in [0.5, 0.6) is 0 Å². The summed E-state index contributed by atoms with van der Waals surface area (Å²) in [6, 6.07) is 6.68. The van der Waals surface area contributed by atoms with Crippen LogP contribution in [0.1, 0.15) is 11.1 Å². The van der Waals surface area contributed by atoms with Crippen molar-refractivity contribution in [1.82, 2.24) is 0 Å². The van der Waals surface area contributed by atoms with Gasteiger partial charge < -0.3 is 10.2 Å². The van der Waals surface area contributed by atoms with Crippen molar-refractivity contribution in [2.75, 3.05) is 0 Å². The summed E-state index contributed by atoms with van der Waals surface area (Å²) in [5.74, 6) is -1.89. The lowest BCUT2D eigenvalue weighted by Gasteiger charge is -1.97. The third-order valence-corrected chi connectivity index (χ3v) is 1.75. The van der Waals surface area contributed by atoms with E-state index in [1.54, 1.807) is 24.3 Å². The first-order chi connectivity index (χ1) is 7.08. The summed E-state index contributed by atoms with van der Waals surface area (Å²) in [5.41, 5.74) is 1.42. The minimum Gasteiger partial charge on any atom is -0.481 e. The van der Waals surface area contributed by atoms with Crippen LogP contribution in [-0.2, 0) is 16.0 Å². The predicted molar refractivity (Wildman–Crippen MR) is 54.5 cm³/mol. The van der Waals surface area contributed by atoms with Crippen molar-refractivity contribution in [3.05, 3.63) is 41.5 Å². The molecule has 0 aliphatic heterocycles. The molecule has 0 aliphatic carbocycles. The van der Waals surface area contributed by atoms with Crippen LogP contribution in [0, 0.1) is 0 Å². The zero-order valence-electron chi connectivity index (χ0n) is 7.88. The number of carbonyl (C=O) groups is 2. The van der Waals surface area contributed by atoms with Crippen molar-refractivity contribution in [2.24, 2.45) is 0 Å². The van der Waals surface area contributed by atoms with Gasteiger partial charge in [-0.15, -0.1) is 0 Å². The third-order valence-electron chi connectivity index (χ3n) is 1.75. The fraction of sp³-hybridized carbons (Fsp3) is 0.0909. The fourth-order valence-corrected chi connectivity index (χ4v) is 1.09. The molecule has 0 saturated carbocycles. The Labute approximate surface area is 86.5 Å². The Morgan fingerprint density at radius 1 is 1.13 bits per heavy atom. The highest BCUT2D eigenvalue weighted by Gasteiger charge is 1.99. The number of hydrogen-bond acceptors (Lipinski definition) is 2. The van der Waals surface area contributed by atoms with Crippen LogP contribution in [0.4, 0.5) is 0 Å². The van der Waals surface area contributed by atoms with Gasteiger partial charge in [0.25, 0.3) is 0 Å². The molecule has 0 radical (unpaired) electrons. The van der Waals surface area contributed by atoms with Crippen LogP contribution in [0.3, 0.4) is 0 Å². The van der Waals surface area contributed by atoms with Gasteiger partial charge in [-0.25, -0.2) is 4.79 Å². The highest BCUT2D eigenvalue weighted by atomic mass is 16.4. The first-order valence-electron chi connectivity index (χ1n) is 4.29. The van der Waals surface area contributed by atoms with Gasteiger partial charge in [0.15, 0.2) is 0 Å². The Kier molecular flexibility index (Phi) is 3.62. The summed E-state index contributed by atoms with van der Waals surface area (Å²) in [7, 11) is 0. The van der Waals surface area contributed by atoms with Crippen LogP contribution in [0.15, 0.2) is 30.3 Å². The minimum absolute atomic E-state index is 0.0249. The first-order valence-corrected chi connectivity index (χ1v) is 4.29. The van der Waals surface area contributed by atoms with Gasteiger partial charge in [0.1, 0.15) is 0 Å². The molecule has 2 N–H and O–H groups in total. The Morgan fingerprint density at radius 3 is 2.20 bits per heavy atom. The molecule has 0 spiro atoms. The van der Waals surface area contributed by atoms with Crippen LogP contribution in [-0.4, -0.2) is 22.2 Å². The van der Waals surface area contributed by atoms with Gasteiger partial charge in [-0.1, -0.05) is 24.3 Å². The largest absolute Gasteiger partial charge is 0.481 e. The summed E-state index contributed by atoms with van der Waals surface area (Å²) in [5, 5.41) is 16.9. The summed E-state index contributed by atoms with van der Waals surface area (Å²) in [6.07, 6.45) is 2.46. The Hall–Kier alpha value is -2.10. The molecule has 15 heavy (non-hydrogen) atoms. The van der Waals surface area contributed by atoms with Gasteiger partial charge in [-0.3, -0.25) is 4.79 Å². The molecule has 4 nitrogen and oxygen atoms in total. The van der Waals surface area contributed by atoms with E-state index in [1.807, 2.05) is 0 Å². The lowest BCUT2D eigenvalue weighted by Crippen LogP contribution is -1.99. The normalized spacial score (nSPS) is 10.4. The lowest BCUT2D eigenvalue weighted by atomic mass is 10.1. The second-order valence-electron chi connectivity index (χ2n) is 2.98. The quantitative estimate of drug-likeness (QED) is 0.730. The van der Waals surface area contributed by atoms with E-state index < -0.39 is 11.9 Å². The smallest absolute Gasteiger partial charge is 0.328 e. The molecule has 0 amide bonds. The maximum Gasteiger partial charge on any atom is 0.328 e. The second kappa shape index (κ2) is 4.95. The average molecular weight is 206 g/mol. The number of rotatable bonds is 4. The molecular formula is C11H10O4. The summed E-state index contributed by atoms with van der Waals surface area (Å²) in [6.45, 7) is 0. The van der Waals surface area contributed by atoms with Crippen molar-refractivity contribution < 1.29 is 19.8 Å². The van der Waals surface area contributed by atoms with Crippen molar-refractivity contribution in [3.8, 4) is 0 Å². The number of carboxylic acid groups (broad SMARTS) is 2. The van der Waals surface area contributed by atoms with E-state index in [0.717, 1.165) is 11.6 Å². The molecule has 1 rings (SSSR count). The van der Waals surface area contributed by atoms with Crippen LogP contribution >= 0.6 is 0 Å². The molecule has 0 bridgehead atoms. The minimum atomic E-state index is -1.01. The molecule has 0 unspecified atom stereocenters. The summed E-state index contributed by atoms with van der Waals surface area (Å²) < 4.78 is 0. The van der Waals surface area contributed by atoms with Crippen LogP contribution in [0.25, 0.3) is 6.08 Å². The topological polar surface area (TPSA) is 74.6 Å². The molecule has 0 atom stereocenters. The lowest BCUT2D eigenvalue weighted by molar-refractivity contribution is -0.136. The second-order valence-corrected chi connectivity index (χ2v) is 2.98. The Morgan fingerprint density at radius 2 is 1.73 bits per heavy atom. The molecule has 1 aromatic rings.